The number of aromatic nitrogens is 1. The topological polar surface area (TPSA) is 63.9 Å². The predicted molar refractivity (Wildman–Crippen MR) is 123 cm³/mol. The summed E-state index contributed by atoms with van der Waals surface area (Å²) >= 11 is 0.683. The Hall–Kier alpha value is -3.80. The van der Waals surface area contributed by atoms with Crippen LogP contribution in [0, 0.1) is 29.1 Å². The summed E-state index contributed by atoms with van der Waals surface area (Å²) in [4.78, 5) is 32.2. The van der Waals surface area contributed by atoms with Crippen molar-refractivity contribution >= 4 is 29.1 Å². The summed E-state index contributed by atoms with van der Waals surface area (Å²) < 4.78 is 75.1. The molecule has 188 valence electrons. The molecule has 2 heterocycles. The number of halogens is 5. The number of thiazole rings is 1. The average Bonchev–Trinajstić information content (AvgIpc) is 3.17. The van der Waals surface area contributed by atoms with E-state index in [1.165, 1.54) is 14.0 Å². The molecule has 1 aliphatic heterocycles. The van der Waals surface area contributed by atoms with Crippen LogP contribution in [0.25, 0.3) is 6.08 Å². The van der Waals surface area contributed by atoms with Crippen LogP contribution in [-0.2, 0) is 9.53 Å². The van der Waals surface area contributed by atoms with E-state index in [0.29, 0.717) is 23.0 Å². The molecule has 0 bridgehead atoms. The van der Waals surface area contributed by atoms with E-state index in [2.05, 4.69) is 4.99 Å². The molecular formula is C24H18F5N3O3S. The maximum Gasteiger partial charge on any atom is 0.338 e. The minimum Gasteiger partial charge on any atom is -0.466 e. The molecule has 1 aromatic heterocycles. The van der Waals surface area contributed by atoms with E-state index in [-0.39, 0.29) is 20.6 Å². The van der Waals surface area contributed by atoms with Crippen molar-refractivity contribution in [3.8, 4) is 0 Å². The Morgan fingerprint density at radius 3 is 2.11 bits per heavy atom. The first kappa shape index (κ1) is 25.3. The molecule has 2 aromatic carbocycles. The van der Waals surface area contributed by atoms with E-state index in [4.69, 9.17) is 4.74 Å². The molecule has 1 aliphatic rings. The number of esters is 1. The highest BCUT2D eigenvalue weighted by atomic mass is 32.1. The van der Waals surface area contributed by atoms with Crippen LogP contribution < -0.4 is 19.8 Å². The van der Waals surface area contributed by atoms with Gasteiger partial charge in [-0.05, 0) is 30.7 Å². The predicted octanol–water partition coefficient (Wildman–Crippen LogP) is 3.17. The summed E-state index contributed by atoms with van der Waals surface area (Å²) in [6.45, 7) is 1.54. The van der Waals surface area contributed by atoms with Gasteiger partial charge in [-0.3, -0.25) is 9.36 Å². The molecule has 0 N–H and O–H groups in total. The Kier molecular flexibility index (Phi) is 6.56. The van der Waals surface area contributed by atoms with Crippen LogP contribution in [0.4, 0.5) is 27.6 Å². The van der Waals surface area contributed by atoms with Gasteiger partial charge < -0.3 is 9.64 Å². The maximum atomic E-state index is 14.3. The monoisotopic (exact) mass is 523 g/mol. The molecule has 12 heteroatoms. The van der Waals surface area contributed by atoms with Gasteiger partial charge in [0.1, 0.15) is 0 Å². The van der Waals surface area contributed by atoms with Gasteiger partial charge in [0.15, 0.2) is 28.1 Å². The summed E-state index contributed by atoms with van der Waals surface area (Å²) in [6.07, 6.45) is 0.587. The van der Waals surface area contributed by atoms with E-state index in [1.807, 2.05) is 19.0 Å². The Morgan fingerprint density at radius 1 is 1.03 bits per heavy atom. The second-order valence-corrected chi connectivity index (χ2v) is 9.05. The normalized spacial score (nSPS) is 15.6. The number of ether oxygens (including phenoxy) is 1. The maximum absolute atomic E-state index is 14.3. The summed E-state index contributed by atoms with van der Waals surface area (Å²) in [5, 5.41) is 0. The standard InChI is InChI=1S/C24H18F5N3O3S/c1-10-15(23(34)35-4)21(11-5-7-12(8-6-11)31(2)3)32-22(33)14(36-24(32)30-10)9-13-16(25)18(27)20(29)19(28)17(13)26/h5-9,21H,1-4H3/b14-9+. The smallest absolute Gasteiger partial charge is 0.338 e. The van der Waals surface area contributed by atoms with Crippen LogP contribution >= 0.6 is 11.3 Å². The van der Waals surface area contributed by atoms with E-state index in [0.717, 1.165) is 10.3 Å². The minimum atomic E-state index is -2.30. The van der Waals surface area contributed by atoms with Crippen LogP contribution in [-0.4, -0.2) is 31.7 Å². The van der Waals surface area contributed by atoms with Gasteiger partial charge in [-0.1, -0.05) is 23.5 Å². The quantitative estimate of drug-likeness (QED) is 0.228. The van der Waals surface area contributed by atoms with Gasteiger partial charge in [0.2, 0.25) is 5.82 Å². The highest BCUT2D eigenvalue weighted by Crippen LogP contribution is 2.31. The second-order valence-electron chi connectivity index (χ2n) is 8.04. The van der Waals surface area contributed by atoms with Crippen molar-refractivity contribution in [1.29, 1.82) is 0 Å². The van der Waals surface area contributed by atoms with Crippen molar-refractivity contribution < 1.29 is 31.5 Å². The molecule has 0 spiro atoms. The fourth-order valence-electron chi connectivity index (χ4n) is 3.84. The highest BCUT2D eigenvalue weighted by molar-refractivity contribution is 7.07. The number of carbonyl (C=O) groups is 1. The number of allylic oxidation sites excluding steroid dienone is 1. The lowest BCUT2D eigenvalue weighted by molar-refractivity contribution is -0.136. The first-order valence-corrected chi connectivity index (χ1v) is 11.2. The first-order chi connectivity index (χ1) is 17.0. The van der Waals surface area contributed by atoms with Crippen LogP contribution in [0.3, 0.4) is 0 Å². The molecule has 0 aliphatic carbocycles. The molecule has 0 saturated carbocycles. The summed E-state index contributed by atoms with van der Waals surface area (Å²) in [7, 11) is 4.84. The zero-order chi connectivity index (χ0) is 26.5. The third-order valence-electron chi connectivity index (χ3n) is 5.67. The molecule has 4 rings (SSSR count). The van der Waals surface area contributed by atoms with Gasteiger partial charge in [0.25, 0.3) is 5.56 Å². The molecule has 1 atom stereocenters. The Bertz CT molecular complexity index is 1580. The minimum absolute atomic E-state index is 0.0604. The van der Waals surface area contributed by atoms with E-state index in [1.54, 1.807) is 24.3 Å². The zero-order valence-corrected chi connectivity index (χ0v) is 20.1. The number of hydrogen-bond acceptors (Lipinski definition) is 6. The van der Waals surface area contributed by atoms with Gasteiger partial charge in [-0.25, -0.2) is 31.7 Å². The Morgan fingerprint density at radius 2 is 1.58 bits per heavy atom. The third-order valence-corrected chi connectivity index (χ3v) is 6.65. The van der Waals surface area contributed by atoms with Crippen LogP contribution in [0.1, 0.15) is 24.1 Å². The fraction of sp³-hybridized carbons (Fsp3) is 0.208. The number of nitrogens with zero attached hydrogens (tertiary/aromatic N) is 3. The van der Waals surface area contributed by atoms with Crippen molar-refractivity contribution in [3.05, 3.63) is 95.4 Å². The number of benzene rings is 2. The number of anilines is 1. The molecule has 0 radical (unpaired) electrons. The zero-order valence-electron chi connectivity index (χ0n) is 19.3. The molecule has 0 fully saturated rings. The van der Waals surface area contributed by atoms with E-state index < -0.39 is 52.2 Å². The van der Waals surface area contributed by atoms with Gasteiger partial charge >= 0.3 is 5.97 Å². The lowest BCUT2D eigenvalue weighted by atomic mass is 9.95. The van der Waals surface area contributed by atoms with Gasteiger partial charge in [-0.15, -0.1) is 0 Å². The second kappa shape index (κ2) is 9.34. The number of rotatable bonds is 4. The summed E-state index contributed by atoms with van der Waals surface area (Å²) in [5.74, 6) is -11.4. The van der Waals surface area contributed by atoms with Crippen molar-refractivity contribution in [2.45, 2.75) is 13.0 Å². The van der Waals surface area contributed by atoms with Crippen molar-refractivity contribution in [2.75, 3.05) is 26.1 Å². The van der Waals surface area contributed by atoms with Crippen LogP contribution in [0.15, 0.2) is 45.3 Å². The van der Waals surface area contributed by atoms with Crippen LogP contribution in [0.5, 0.6) is 0 Å². The largest absolute Gasteiger partial charge is 0.466 e. The molecule has 36 heavy (non-hydrogen) atoms. The molecule has 3 aromatic rings. The number of methoxy groups -OCH3 is 1. The number of hydrogen-bond donors (Lipinski definition) is 0. The average molecular weight is 523 g/mol. The van der Waals surface area contributed by atoms with E-state index in [9.17, 15) is 31.5 Å². The Balaban J connectivity index is 2.00. The molecule has 0 amide bonds. The molecule has 6 nitrogen and oxygen atoms in total. The highest BCUT2D eigenvalue weighted by Gasteiger charge is 2.33. The Labute approximate surface area is 204 Å². The summed E-state index contributed by atoms with van der Waals surface area (Å²) in [5.41, 5.74) is -0.430. The lowest BCUT2D eigenvalue weighted by Crippen LogP contribution is -2.39. The van der Waals surface area contributed by atoms with Crippen LogP contribution in [0.2, 0.25) is 0 Å². The molecular weight excluding hydrogens is 505 g/mol. The first-order valence-electron chi connectivity index (χ1n) is 10.4. The SMILES string of the molecule is COC(=O)C1=C(C)N=c2s/c(=C/c3c(F)c(F)c(F)c(F)c3F)c(=O)n2C1c1ccc(N(C)C)cc1. The van der Waals surface area contributed by atoms with E-state index >= 15 is 0 Å². The fourth-order valence-corrected chi connectivity index (χ4v) is 4.87. The number of fused-ring (bicyclic) bond motifs is 1. The van der Waals surface area contributed by atoms with Gasteiger partial charge in [-0.2, -0.15) is 0 Å². The molecule has 0 saturated heterocycles. The summed E-state index contributed by atoms with van der Waals surface area (Å²) in [6, 6.07) is 5.92. The van der Waals surface area contributed by atoms with Crippen molar-refractivity contribution in [2.24, 2.45) is 4.99 Å². The van der Waals surface area contributed by atoms with Gasteiger partial charge in [0.05, 0.1) is 34.5 Å². The number of carbonyl (C=O) groups excluding carboxylic acids is 1. The lowest BCUT2D eigenvalue weighted by Gasteiger charge is -2.25. The van der Waals surface area contributed by atoms with Crippen molar-refractivity contribution in [3.63, 3.8) is 0 Å². The molecule has 1 unspecified atom stereocenters. The third kappa shape index (κ3) is 4.00. The van der Waals surface area contributed by atoms with Gasteiger partial charge in [0, 0.05) is 19.8 Å². The van der Waals surface area contributed by atoms with Crippen molar-refractivity contribution in [1.82, 2.24) is 4.57 Å².